The molecular weight excluding hydrogens is 448 g/mol. The van der Waals surface area contributed by atoms with Crippen LogP contribution in [0.15, 0.2) is 48.6 Å². The summed E-state index contributed by atoms with van der Waals surface area (Å²) in [7, 11) is 0. The molecule has 9 heteroatoms. The van der Waals surface area contributed by atoms with E-state index in [1.807, 2.05) is 12.2 Å². The van der Waals surface area contributed by atoms with Gasteiger partial charge >= 0.3 is 5.97 Å². The highest BCUT2D eigenvalue weighted by Gasteiger charge is 2.74. The molecule has 33 heavy (non-hydrogen) atoms. The summed E-state index contributed by atoms with van der Waals surface area (Å²) in [5.74, 6) is -3.11. The zero-order valence-corrected chi connectivity index (χ0v) is 18.9. The van der Waals surface area contributed by atoms with Gasteiger partial charge in [-0.25, -0.2) is 0 Å². The van der Waals surface area contributed by atoms with Gasteiger partial charge in [-0.2, -0.15) is 0 Å². The number of aliphatic hydroxyl groups excluding tert-OH is 1. The number of cyclic esters (lactones) is 1. The van der Waals surface area contributed by atoms with Crippen molar-refractivity contribution in [2.45, 2.75) is 30.6 Å². The summed E-state index contributed by atoms with van der Waals surface area (Å²) in [6, 6.07) is 5.82. The highest BCUT2D eigenvalue weighted by Crippen LogP contribution is 2.57. The maximum absolute atomic E-state index is 14.0. The Morgan fingerprint density at radius 2 is 1.85 bits per heavy atom. The Bertz CT molecular complexity index is 1060. The van der Waals surface area contributed by atoms with Crippen LogP contribution in [-0.2, 0) is 23.9 Å². The number of β-amino-alcohol motifs (C(OH)–C–C–N with tert-alkyl or cyclic N) is 1. The second-order valence-electron chi connectivity index (χ2n) is 8.94. The molecule has 0 aromatic heterocycles. The van der Waals surface area contributed by atoms with E-state index >= 15 is 0 Å². The highest BCUT2D eigenvalue weighted by atomic mass is 35.5. The van der Waals surface area contributed by atoms with Gasteiger partial charge in [-0.15, -0.1) is 0 Å². The molecule has 1 aromatic carbocycles. The molecule has 5 rings (SSSR count). The number of likely N-dealkylation sites (tertiary alicyclic amines) is 1. The average Bonchev–Trinajstić information content (AvgIpc) is 3.08. The molecule has 1 unspecified atom stereocenters. The molecule has 2 saturated heterocycles. The molecule has 1 aromatic rings. The van der Waals surface area contributed by atoms with Crippen LogP contribution in [0.4, 0.5) is 5.69 Å². The fourth-order valence-electron chi connectivity index (χ4n) is 5.69. The molecule has 1 spiro atoms. The Kier molecular flexibility index (Phi) is 5.34. The predicted molar refractivity (Wildman–Crippen MR) is 119 cm³/mol. The average molecular weight is 473 g/mol. The van der Waals surface area contributed by atoms with Gasteiger partial charge < -0.3 is 24.4 Å². The lowest BCUT2D eigenvalue weighted by Crippen LogP contribution is -2.56. The van der Waals surface area contributed by atoms with Crippen molar-refractivity contribution in [3.05, 3.63) is 53.6 Å². The molecule has 0 aliphatic carbocycles. The maximum Gasteiger partial charge on any atom is 0.313 e. The number of benzene rings is 1. The maximum atomic E-state index is 14.0. The van der Waals surface area contributed by atoms with Crippen molar-refractivity contribution in [1.82, 2.24) is 4.90 Å². The van der Waals surface area contributed by atoms with Gasteiger partial charge in [0, 0.05) is 23.8 Å². The molecule has 174 valence electrons. The Morgan fingerprint density at radius 3 is 2.58 bits per heavy atom. The normalized spacial score (nSPS) is 35.5. The first-order valence-electron chi connectivity index (χ1n) is 11.0. The van der Waals surface area contributed by atoms with Crippen LogP contribution in [0.3, 0.4) is 0 Å². The third-order valence-corrected chi connectivity index (χ3v) is 7.25. The van der Waals surface area contributed by atoms with E-state index in [2.05, 4.69) is 0 Å². The number of fused-ring (bicyclic) bond motifs is 2. The SMILES string of the molecule is C[C@]12C=CCCOC(=O)[C@H]1[C@H]1C(=O)N(CCO)C3C(=O)N(c4ccc(Cl)cc4)CC=C[C@@]31O2. The van der Waals surface area contributed by atoms with Gasteiger partial charge in [0.1, 0.15) is 17.6 Å². The molecule has 0 bridgehead atoms. The van der Waals surface area contributed by atoms with Gasteiger partial charge in [-0.3, -0.25) is 14.4 Å². The second kappa shape index (κ2) is 7.97. The third-order valence-electron chi connectivity index (χ3n) is 7.00. The number of nitrogens with zero attached hydrogens (tertiary/aromatic N) is 2. The number of aliphatic hydroxyl groups is 1. The first-order chi connectivity index (χ1) is 15.8. The van der Waals surface area contributed by atoms with Crippen molar-refractivity contribution in [1.29, 1.82) is 0 Å². The summed E-state index contributed by atoms with van der Waals surface area (Å²) in [5, 5.41) is 10.2. The Morgan fingerprint density at radius 1 is 1.09 bits per heavy atom. The van der Waals surface area contributed by atoms with Crippen LogP contribution in [-0.4, -0.2) is 71.3 Å². The van der Waals surface area contributed by atoms with Gasteiger partial charge in [0.2, 0.25) is 5.91 Å². The number of hydrogen-bond acceptors (Lipinski definition) is 6. The van der Waals surface area contributed by atoms with E-state index in [4.69, 9.17) is 21.1 Å². The lowest BCUT2D eigenvalue weighted by molar-refractivity contribution is -0.159. The Hall–Kier alpha value is -2.68. The van der Waals surface area contributed by atoms with E-state index in [-0.39, 0.29) is 32.2 Å². The summed E-state index contributed by atoms with van der Waals surface area (Å²) in [6.07, 6.45) is 7.79. The highest BCUT2D eigenvalue weighted by molar-refractivity contribution is 6.30. The van der Waals surface area contributed by atoms with E-state index in [9.17, 15) is 19.5 Å². The molecule has 2 fully saturated rings. The lowest BCUT2D eigenvalue weighted by Gasteiger charge is -2.37. The number of carbonyl (C=O) groups excluding carboxylic acids is 3. The van der Waals surface area contributed by atoms with Crippen LogP contribution in [0.25, 0.3) is 0 Å². The van der Waals surface area contributed by atoms with Crippen molar-refractivity contribution in [3.8, 4) is 0 Å². The lowest BCUT2D eigenvalue weighted by atomic mass is 9.74. The van der Waals surface area contributed by atoms with Crippen LogP contribution >= 0.6 is 11.6 Å². The van der Waals surface area contributed by atoms with Crippen LogP contribution in [0.5, 0.6) is 0 Å². The number of halogens is 1. The van der Waals surface area contributed by atoms with Gasteiger partial charge in [-0.1, -0.05) is 35.9 Å². The second-order valence-corrected chi connectivity index (χ2v) is 9.38. The first-order valence-corrected chi connectivity index (χ1v) is 11.4. The first kappa shape index (κ1) is 22.1. The fourth-order valence-corrected chi connectivity index (χ4v) is 5.81. The van der Waals surface area contributed by atoms with Crippen molar-refractivity contribution < 1.29 is 29.0 Å². The summed E-state index contributed by atoms with van der Waals surface area (Å²) in [4.78, 5) is 43.7. The quantitative estimate of drug-likeness (QED) is 0.531. The molecule has 0 saturated carbocycles. The van der Waals surface area contributed by atoms with Gasteiger partial charge in [0.15, 0.2) is 0 Å². The van der Waals surface area contributed by atoms with E-state index in [1.165, 1.54) is 4.90 Å². The number of carbonyl (C=O) groups is 3. The minimum atomic E-state index is -1.36. The van der Waals surface area contributed by atoms with Gasteiger partial charge in [0.05, 0.1) is 24.7 Å². The molecule has 4 aliphatic heterocycles. The molecule has 4 aliphatic rings. The van der Waals surface area contributed by atoms with Crippen molar-refractivity contribution in [2.24, 2.45) is 11.8 Å². The Balaban J connectivity index is 1.64. The minimum Gasteiger partial charge on any atom is -0.465 e. The molecule has 1 N–H and O–H groups in total. The summed E-state index contributed by atoms with van der Waals surface area (Å²) in [5.41, 5.74) is -1.85. The number of anilines is 1. The van der Waals surface area contributed by atoms with E-state index < -0.39 is 41.0 Å². The molecule has 4 heterocycles. The van der Waals surface area contributed by atoms with E-state index in [0.717, 1.165) is 0 Å². The van der Waals surface area contributed by atoms with Crippen LogP contribution in [0, 0.1) is 11.8 Å². The summed E-state index contributed by atoms with van der Waals surface area (Å²) in [6.45, 7) is 1.87. The van der Waals surface area contributed by atoms with Crippen LogP contribution in [0.2, 0.25) is 5.02 Å². The standard InChI is InChI=1S/C24H25ClN2O6/c1-23-9-2-3-14-32-22(31)18(23)17-20(29)27(12-13-28)19-21(30)26(11-4-10-24(17,19)33-23)16-7-5-15(25)6-8-16/h2,4-10,17-19,28H,3,11-14H2,1H3/t17-,18+,19?,23-,24-/m0/s1. The summed E-state index contributed by atoms with van der Waals surface area (Å²) < 4.78 is 12.0. The number of rotatable bonds is 3. The van der Waals surface area contributed by atoms with Gasteiger partial charge in [0.25, 0.3) is 5.91 Å². The number of hydrogen-bond donors (Lipinski definition) is 1. The van der Waals surface area contributed by atoms with E-state index in [0.29, 0.717) is 17.1 Å². The molecule has 8 nitrogen and oxygen atoms in total. The third kappa shape index (κ3) is 3.23. The van der Waals surface area contributed by atoms with E-state index in [1.54, 1.807) is 48.2 Å². The predicted octanol–water partition coefficient (Wildman–Crippen LogP) is 1.71. The van der Waals surface area contributed by atoms with Crippen LogP contribution < -0.4 is 4.90 Å². The summed E-state index contributed by atoms with van der Waals surface area (Å²) >= 11 is 6.02. The molecular formula is C24H25ClN2O6. The molecule has 2 amide bonds. The Labute approximate surface area is 196 Å². The monoisotopic (exact) mass is 472 g/mol. The molecule has 0 radical (unpaired) electrons. The number of esters is 1. The fraction of sp³-hybridized carbons (Fsp3) is 0.458. The smallest absolute Gasteiger partial charge is 0.313 e. The van der Waals surface area contributed by atoms with Crippen molar-refractivity contribution in [3.63, 3.8) is 0 Å². The van der Waals surface area contributed by atoms with Crippen LogP contribution in [0.1, 0.15) is 13.3 Å². The number of amides is 2. The minimum absolute atomic E-state index is 0.0481. The number of ether oxygens (including phenoxy) is 2. The topological polar surface area (TPSA) is 96.4 Å². The molecule has 5 atom stereocenters. The zero-order valence-electron chi connectivity index (χ0n) is 18.1. The van der Waals surface area contributed by atoms with Gasteiger partial charge in [-0.05, 0) is 37.6 Å². The van der Waals surface area contributed by atoms with Crippen molar-refractivity contribution in [2.75, 3.05) is 31.2 Å². The van der Waals surface area contributed by atoms with Crippen molar-refractivity contribution >= 4 is 35.1 Å². The largest absolute Gasteiger partial charge is 0.465 e. The zero-order chi connectivity index (χ0) is 23.4.